The predicted molar refractivity (Wildman–Crippen MR) is 101 cm³/mol. The molecule has 9 nitrogen and oxygen atoms in total. The standard InChI is InChI=1S/C20H16N2O7/c23-19(21-14-5-4-6-15(11-14)22(25)26)13-28-20(24)18-10-9-17(29-18)12-27-16-7-2-1-3-8-16/h1-11H,12-13H2,(H,21,23). The third kappa shape index (κ3) is 5.67. The van der Waals surface area contributed by atoms with Gasteiger partial charge in [-0.15, -0.1) is 0 Å². The molecule has 0 saturated heterocycles. The summed E-state index contributed by atoms with van der Waals surface area (Å²) in [5.74, 6) is -0.448. The lowest BCUT2D eigenvalue weighted by molar-refractivity contribution is -0.384. The molecule has 148 valence electrons. The highest BCUT2D eigenvalue weighted by atomic mass is 16.6. The molecule has 3 aromatic rings. The van der Waals surface area contributed by atoms with Gasteiger partial charge in [-0.2, -0.15) is 0 Å². The summed E-state index contributed by atoms with van der Waals surface area (Å²) < 4.78 is 15.8. The summed E-state index contributed by atoms with van der Waals surface area (Å²) in [5.41, 5.74) is 0.0548. The van der Waals surface area contributed by atoms with Crippen molar-refractivity contribution in [2.75, 3.05) is 11.9 Å². The van der Waals surface area contributed by atoms with Crippen LogP contribution >= 0.6 is 0 Å². The largest absolute Gasteiger partial charge is 0.486 e. The third-order valence-electron chi connectivity index (χ3n) is 3.66. The number of benzene rings is 2. The molecular weight excluding hydrogens is 380 g/mol. The number of hydrogen-bond acceptors (Lipinski definition) is 7. The maximum absolute atomic E-state index is 12.0. The zero-order valence-electron chi connectivity index (χ0n) is 15.1. The highest BCUT2D eigenvalue weighted by Crippen LogP contribution is 2.17. The van der Waals surface area contributed by atoms with Crippen LogP contribution in [0.1, 0.15) is 16.3 Å². The summed E-state index contributed by atoms with van der Waals surface area (Å²) in [6.45, 7) is -0.442. The van der Waals surface area contributed by atoms with Crippen molar-refractivity contribution in [1.82, 2.24) is 0 Å². The number of esters is 1. The molecule has 0 aliphatic heterocycles. The van der Waals surface area contributed by atoms with E-state index in [9.17, 15) is 19.7 Å². The van der Waals surface area contributed by atoms with Crippen LogP contribution < -0.4 is 10.1 Å². The Bertz CT molecular complexity index is 1010. The lowest BCUT2D eigenvalue weighted by Gasteiger charge is -2.06. The lowest BCUT2D eigenvalue weighted by Crippen LogP contribution is -2.20. The molecule has 1 N–H and O–H groups in total. The van der Waals surface area contributed by atoms with Crippen molar-refractivity contribution < 1.29 is 28.4 Å². The molecule has 0 radical (unpaired) electrons. The number of ether oxygens (including phenoxy) is 2. The summed E-state index contributed by atoms with van der Waals surface area (Å²) >= 11 is 0. The topological polar surface area (TPSA) is 121 Å². The predicted octanol–water partition coefficient (Wildman–Crippen LogP) is 3.56. The number of nitro groups is 1. The van der Waals surface area contributed by atoms with Crippen molar-refractivity contribution in [3.05, 3.63) is 88.4 Å². The van der Waals surface area contributed by atoms with Crippen molar-refractivity contribution in [1.29, 1.82) is 0 Å². The first-order valence-electron chi connectivity index (χ1n) is 8.49. The monoisotopic (exact) mass is 396 g/mol. The van der Waals surface area contributed by atoms with Gasteiger partial charge in [0, 0.05) is 17.8 Å². The molecule has 0 bridgehead atoms. The first-order chi connectivity index (χ1) is 14.0. The van der Waals surface area contributed by atoms with Crippen molar-refractivity contribution in [3.63, 3.8) is 0 Å². The van der Waals surface area contributed by atoms with Gasteiger partial charge in [0.05, 0.1) is 4.92 Å². The number of para-hydroxylation sites is 1. The molecule has 0 spiro atoms. The van der Waals surface area contributed by atoms with Gasteiger partial charge in [-0.3, -0.25) is 14.9 Å². The van der Waals surface area contributed by atoms with Crippen LogP contribution in [-0.2, 0) is 16.1 Å². The van der Waals surface area contributed by atoms with Crippen molar-refractivity contribution in [2.24, 2.45) is 0 Å². The smallest absolute Gasteiger partial charge is 0.374 e. The number of rotatable bonds is 8. The number of non-ortho nitro benzene ring substituents is 1. The number of amides is 1. The van der Waals surface area contributed by atoms with Gasteiger partial charge in [-0.1, -0.05) is 24.3 Å². The summed E-state index contributed by atoms with van der Waals surface area (Å²) in [4.78, 5) is 34.1. The number of anilines is 1. The number of furan rings is 1. The van der Waals surface area contributed by atoms with Crippen LogP contribution in [0.25, 0.3) is 0 Å². The van der Waals surface area contributed by atoms with Gasteiger partial charge in [0.2, 0.25) is 5.76 Å². The molecule has 0 aliphatic rings. The normalized spacial score (nSPS) is 10.2. The van der Waals surface area contributed by atoms with Crippen LogP contribution in [0.5, 0.6) is 5.75 Å². The number of nitrogens with zero attached hydrogens (tertiary/aromatic N) is 1. The number of carbonyl (C=O) groups excluding carboxylic acids is 2. The molecule has 0 aliphatic carbocycles. The van der Waals surface area contributed by atoms with Crippen molar-refractivity contribution in [3.8, 4) is 5.75 Å². The Balaban J connectivity index is 1.48. The minimum Gasteiger partial charge on any atom is -0.486 e. The number of carbonyl (C=O) groups is 2. The fourth-order valence-corrected chi connectivity index (χ4v) is 2.33. The van der Waals surface area contributed by atoms with Crippen LogP contribution in [0.2, 0.25) is 0 Å². The third-order valence-corrected chi connectivity index (χ3v) is 3.66. The molecule has 1 amide bonds. The van der Waals surface area contributed by atoms with E-state index in [0.29, 0.717) is 11.5 Å². The van der Waals surface area contributed by atoms with Gasteiger partial charge in [0.15, 0.2) is 6.61 Å². The van der Waals surface area contributed by atoms with E-state index in [1.54, 1.807) is 18.2 Å². The van der Waals surface area contributed by atoms with Gasteiger partial charge >= 0.3 is 5.97 Å². The Hall–Kier alpha value is -4.14. The number of nitrogens with one attached hydrogen (secondary N) is 1. The minimum absolute atomic E-state index is 0.0696. The average molecular weight is 396 g/mol. The van der Waals surface area contributed by atoms with E-state index in [0.717, 1.165) is 0 Å². The Morgan fingerprint density at radius 2 is 1.83 bits per heavy atom. The van der Waals surface area contributed by atoms with Crippen molar-refractivity contribution >= 4 is 23.3 Å². The van der Waals surface area contributed by atoms with Gasteiger partial charge in [-0.05, 0) is 30.3 Å². The van der Waals surface area contributed by atoms with Crippen LogP contribution in [0, 0.1) is 10.1 Å². The van der Waals surface area contributed by atoms with Crippen LogP contribution in [0.15, 0.2) is 71.1 Å². The van der Waals surface area contributed by atoms with Gasteiger partial charge < -0.3 is 19.2 Å². The first kappa shape index (κ1) is 19.6. The molecule has 0 saturated carbocycles. The van der Waals surface area contributed by atoms with Crippen LogP contribution in [0.3, 0.4) is 0 Å². The second-order valence-electron chi connectivity index (χ2n) is 5.80. The molecule has 0 unspecified atom stereocenters. The summed E-state index contributed by atoms with van der Waals surface area (Å²) in [7, 11) is 0. The van der Waals surface area contributed by atoms with E-state index in [-0.39, 0.29) is 23.7 Å². The van der Waals surface area contributed by atoms with E-state index < -0.39 is 23.4 Å². The molecule has 2 aromatic carbocycles. The fourth-order valence-electron chi connectivity index (χ4n) is 2.33. The van der Waals surface area contributed by atoms with E-state index in [4.69, 9.17) is 13.9 Å². The Morgan fingerprint density at radius 3 is 2.59 bits per heavy atom. The minimum atomic E-state index is -0.815. The van der Waals surface area contributed by atoms with Crippen LogP contribution in [-0.4, -0.2) is 23.4 Å². The Kier molecular flexibility index (Phi) is 6.21. The molecule has 0 fully saturated rings. The molecule has 0 atom stereocenters. The zero-order chi connectivity index (χ0) is 20.6. The lowest BCUT2D eigenvalue weighted by atomic mass is 10.3. The van der Waals surface area contributed by atoms with Crippen molar-refractivity contribution in [2.45, 2.75) is 6.61 Å². The first-order valence-corrected chi connectivity index (χ1v) is 8.49. The Morgan fingerprint density at radius 1 is 1.03 bits per heavy atom. The molecule has 3 rings (SSSR count). The van der Waals surface area contributed by atoms with E-state index in [1.807, 2.05) is 18.2 Å². The molecule has 1 aromatic heterocycles. The fraction of sp³-hybridized carbons (Fsp3) is 0.100. The zero-order valence-corrected chi connectivity index (χ0v) is 15.1. The second-order valence-corrected chi connectivity index (χ2v) is 5.80. The van der Waals surface area contributed by atoms with Gasteiger partial charge in [0.25, 0.3) is 11.6 Å². The molecular formula is C20H16N2O7. The maximum Gasteiger partial charge on any atom is 0.374 e. The molecule has 1 heterocycles. The number of hydrogen-bond donors (Lipinski definition) is 1. The quantitative estimate of drug-likeness (QED) is 0.351. The Labute approximate surface area is 165 Å². The average Bonchev–Trinajstić information content (AvgIpc) is 3.20. The number of nitro benzene ring substituents is 1. The van der Waals surface area contributed by atoms with Gasteiger partial charge in [0.1, 0.15) is 18.1 Å². The molecule has 29 heavy (non-hydrogen) atoms. The van der Waals surface area contributed by atoms with Crippen LogP contribution in [0.4, 0.5) is 11.4 Å². The molecule has 9 heteroatoms. The summed E-state index contributed by atoms with van der Waals surface area (Å²) in [6.07, 6.45) is 0. The maximum atomic E-state index is 12.0. The summed E-state index contributed by atoms with van der Waals surface area (Å²) in [6, 6.07) is 17.5. The van der Waals surface area contributed by atoms with E-state index in [1.165, 1.54) is 30.3 Å². The van der Waals surface area contributed by atoms with E-state index in [2.05, 4.69) is 5.32 Å². The van der Waals surface area contributed by atoms with E-state index >= 15 is 0 Å². The highest BCUT2D eigenvalue weighted by Gasteiger charge is 2.15. The SMILES string of the molecule is O=C(COC(=O)c1ccc(COc2ccccc2)o1)Nc1cccc([N+](=O)[O-])c1. The highest BCUT2D eigenvalue weighted by molar-refractivity contribution is 5.94. The van der Waals surface area contributed by atoms with Gasteiger partial charge in [-0.25, -0.2) is 4.79 Å². The second kappa shape index (κ2) is 9.18. The summed E-state index contributed by atoms with van der Waals surface area (Å²) in [5, 5.41) is 13.2.